The van der Waals surface area contributed by atoms with E-state index in [0.29, 0.717) is 10.4 Å². The molecule has 1 heterocycles. The van der Waals surface area contributed by atoms with Crippen molar-refractivity contribution in [1.82, 2.24) is 4.90 Å². The van der Waals surface area contributed by atoms with Gasteiger partial charge in [-0.1, -0.05) is 31.9 Å². The highest BCUT2D eigenvalue weighted by molar-refractivity contribution is 14.1. The molecular formula is C15H19ClINO. The third-order valence-corrected chi connectivity index (χ3v) is 5.45. The molecule has 1 aliphatic heterocycles. The Morgan fingerprint density at radius 3 is 2.63 bits per heavy atom. The molecule has 0 aliphatic carbocycles. The van der Waals surface area contributed by atoms with Crippen LogP contribution in [0.5, 0.6) is 0 Å². The third kappa shape index (κ3) is 3.43. The number of halogens is 2. The molecular weight excluding hydrogens is 373 g/mol. The number of rotatable bonds is 2. The van der Waals surface area contributed by atoms with Crippen molar-refractivity contribution >= 4 is 40.1 Å². The lowest BCUT2D eigenvalue weighted by atomic mass is 9.78. The quantitative estimate of drug-likeness (QED) is 0.675. The Morgan fingerprint density at radius 1 is 1.42 bits per heavy atom. The molecule has 19 heavy (non-hydrogen) atoms. The molecule has 0 spiro atoms. The number of piperidine rings is 1. The topological polar surface area (TPSA) is 20.3 Å². The van der Waals surface area contributed by atoms with Gasteiger partial charge in [-0.2, -0.15) is 0 Å². The fraction of sp³-hybridized carbons (Fsp3) is 0.533. The lowest BCUT2D eigenvalue weighted by Gasteiger charge is -2.39. The minimum absolute atomic E-state index is 0.116. The third-order valence-electron chi connectivity index (χ3n) is 4.27. The lowest BCUT2D eigenvalue weighted by Crippen LogP contribution is -2.42. The molecule has 1 amide bonds. The largest absolute Gasteiger partial charge is 0.339 e. The number of hydrogen-bond donors (Lipinski definition) is 0. The van der Waals surface area contributed by atoms with Crippen LogP contribution < -0.4 is 0 Å². The summed E-state index contributed by atoms with van der Waals surface area (Å²) in [5.74, 6) is 0.116. The summed E-state index contributed by atoms with van der Waals surface area (Å²) in [5.41, 5.74) is 1.13. The molecule has 1 aliphatic rings. The molecule has 0 atom stereocenters. The molecule has 104 valence electrons. The lowest BCUT2D eigenvalue weighted by molar-refractivity contribution is 0.0599. The van der Waals surface area contributed by atoms with Crippen molar-refractivity contribution in [3.63, 3.8) is 0 Å². The summed E-state index contributed by atoms with van der Waals surface area (Å²) in [6.45, 7) is 6.26. The van der Waals surface area contributed by atoms with Crippen LogP contribution in [0.25, 0.3) is 0 Å². The Bertz CT molecular complexity index is 481. The normalized spacial score (nSPS) is 18.4. The highest BCUT2D eigenvalue weighted by Crippen LogP contribution is 2.34. The average molecular weight is 392 g/mol. The molecule has 0 radical (unpaired) electrons. The zero-order valence-corrected chi connectivity index (χ0v) is 14.3. The first-order valence-corrected chi connectivity index (χ1v) is 8.15. The smallest absolute Gasteiger partial charge is 0.254 e. The Labute approximate surface area is 133 Å². The number of hydrogen-bond acceptors (Lipinski definition) is 1. The van der Waals surface area contributed by atoms with E-state index in [4.69, 9.17) is 11.6 Å². The van der Waals surface area contributed by atoms with Gasteiger partial charge in [0.15, 0.2) is 0 Å². The molecule has 2 nitrogen and oxygen atoms in total. The average Bonchev–Trinajstić information content (AvgIpc) is 2.42. The maximum Gasteiger partial charge on any atom is 0.254 e. The maximum absolute atomic E-state index is 12.5. The van der Waals surface area contributed by atoms with Crippen molar-refractivity contribution in [3.8, 4) is 0 Å². The summed E-state index contributed by atoms with van der Waals surface area (Å²) < 4.78 is 0.968. The Hall–Kier alpha value is -0.290. The highest BCUT2D eigenvalue weighted by Gasteiger charge is 2.31. The summed E-state index contributed by atoms with van der Waals surface area (Å²) in [4.78, 5) is 14.5. The van der Waals surface area contributed by atoms with Gasteiger partial charge in [0, 0.05) is 21.7 Å². The second-order valence-corrected chi connectivity index (χ2v) is 7.18. The molecule has 1 aromatic carbocycles. The van der Waals surface area contributed by atoms with Crippen LogP contribution in [0.3, 0.4) is 0 Å². The second-order valence-electron chi connectivity index (χ2n) is 5.58. The van der Waals surface area contributed by atoms with Crippen LogP contribution in [0, 0.1) is 8.99 Å². The summed E-state index contributed by atoms with van der Waals surface area (Å²) in [7, 11) is 0. The molecule has 4 heteroatoms. The van der Waals surface area contributed by atoms with Crippen molar-refractivity contribution in [2.24, 2.45) is 5.41 Å². The van der Waals surface area contributed by atoms with Crippen LogP contribution in [0.15, 0.2) is 18.2 Å². The van der Waals surface area contributed by atoms with E-state index in [0.717, 1.165) is 35.1 Å². The predicted octanol–water partition coefficient (Wildman–Crippen LogP) is 4.60. The van der Waals surface area contributed by atoms with E-state index in [1.54, 1.807) is 6.07 Å². The molecule has 0 N–H and O–H groups in total. The standard InChI is InChI=1S/C15H19ClINO/c1-3-15(2)6-8-18(9-7-15)14(19)12-10-11(16)4-5-13(12)17/h4-5,10H,3,6-9H2,1-2H3. The van der Waals surface area contributed by atoms with Gasteiger partial charge in [0.25, 0.3) is 5.91 Å². The number of benzene rings is 1. The summed E-state index contributed by atoms with van der Waals surface area (Å²) >= 11 is 8.19. The van der Waals surface area contributed by atoms with Crippen LogP contribution in [-0.4, -0.2) is 23.9 Å². The molecule has 0 bridgehead atoms. The fourth-order valence-electron chi connectivity index (χ4n) is 2.43. The monoisotopic (exact) mass is 391 g/mol. The second kappa shape index (κ2) is 6.00. The van der Waals surface area contributed by atoms with E-state index in [9.17, 15) is 4.79 Å². The highest BCUT2D eigenvalue weighted by atomic mass is 127. The van der Waals surface area contributed by atoms with Crippen molar-refractivity contribution in [3.05, 3.63) is 32.4 Å². The zero-order valence-electron chi connectivity index (χ0n) is 11.4. The van der Waals surface area contributed by atoms with Gasteiger partial charge in [0.05, 0.1) is 5.56 Å². The summed E-state index contributed by atoms with van der Waals surface area (Å²) in [6.07, 6.45) is 3.36. The van der Waals surface area contributed by atoms with Gasteiger partial charge >= 0.3 is 0 Å². The first-order chi connectivity index (χ1) is 8.95. The number of amides is 1. The van der Waals surface area contributed by atoms with E-state index in [-0.39, 0.29) is 5.91 Å². The summed E-state index contributed by atoms with van der Waals surface area (Å²) in [6, 6.07) is 5.50. The molecule has 0 unspecified atom stereocenters. The molecule has 2 rings (SSSR count). The molecule has 1 fully saturated rings. The molecule has 1 saturated heterocycles. The van der Waals surface area contributed by atoms with Crippen LogP contribution in [0.4, 0.5) is 0 Å². The van der Waals surface area contributed by atoms with E-state index >= 15 is 0 Å². The first-order valence-electron chi connectivity index (χ1n) is 6.69. The molecule has 1 aromatic rings. The van der Waals surface area contributed by atoms with Crippen molar-refractivity contribution in [2.45, 2.75) is 33.1 Å². The summed E-state index contributed by atoms with van der Waals surface area (Å²) in [5, 5.41) is 0.624. The van der Waals surface area contributed by atoms with Gasteiger partial charge in [-0.15, -0.1) is 0 Å². The molecule has 0 saturated carbocycles. The van der Waals surface area contributed by atoms with E-state index < -0.39 is 0 Å². The molecule has 0 aromatic heterocycles. The minimum atomic E-state index is 0.116. The van der Waals surface area contributed by atoms with E-state index in [2.05, 4.69) is 36.4 Å². The van der Waals surface area contributed by atoms with Crippen LogP contribution >= 0.6 is 34.2 Å². The maximum atomic E-state index is 12.5. The number of carbonyl (C=O) groups is 1. The van der Waals surface area contributed by atoms with Gasteiger partial charge in [-0.05, 0) is 59.0 Å². The van der Waals surface area contributed by atoms with Gasteiger partial charge in [-0.3, -0.25) is 4.79 Å². The predicted molar refractivity (Wildman–Crippen MR) is 87.7 cm³/mol. The Morgan fingerprint density at radius 2 is 2.05 bits per heavy atom. The van der Waals surface area contributed by atoms with Crippen molar-refractivity contribution < 1.29 is 4.79 Å². The first kappa shape index (κ1) is 15.1. The van der Waals surface area contributed by atoms with Gasteiger partial charge in [-0.25, -0.2) is 0 Å². The number of nitrogens with zero attached hydrogens (tertiary/aromatic N) is 1. The van der Waals surface area contributed by atoms with Gasteiger partial charge < -0.3 is 4.90 Å². The Kier molecular flexibility index (Phi) is 4.77. The number of likely N-dealkylation sites (tertiary alicyclic amines) is 1. The Balaban J connectivity index is 2.11. The van der Waals surface area contributed by atoms with Crippen molar-refractivity contribution in [2.75, 3.05) is 13.1 Å². The van der Waals surface area contributed by atoms with Gasteiger partial charge in [0.1, 0.15) is 0 Å². The van der Waals surface area contributed by atoms with Crippen LogP contribution in [-0.2, 0) is 0 Å². The fourth-order valence-corrected chi connectivity index (χ4v) is 3.17. The van der Waals surface area contributed by atoms with Crippen LogP contribution in [0.2, 0.25) is 5.02 Å². The van der Waals surface area contributed by atoms with E-state index in [1.807, 2.05) is 17.0 Å². The van der Waals surface area contributed by atoms with Crippen LogP contribution in [0.1, 0.15) is 43.5 Å². The van der Waals surface area contributed by atoms with Crippen molar-refractivity contribution in [1.29, 1.82) is 0 Å². The zero-order chi connectivity index (χ0) is 14.0. The minimum Gasteiger partial charge on any atom is -0.339 e. The number of carbonyl (C=O) groups excluding carboxylic acids is 1. The van der Waals surface area contributed by atoms with E-state index in [1.165, 1.54) is 6.42 Å². The van der Waals surface area contributed by atoms with Gasteiger partial charge in [0.2, 0.25) is 0 Å². The SMILES string of the molecule is CCC1(C)CCN(C(=O)c2cc(Cl)ccc2I)CC1.